The van der Waals surface area contributed by atoms with Gasteiger partial charge >= 0.3 is 0 Å². The molecule has 5 heteroatoms. The minimum absolute atomic E-state index is 0.0463. The zero-order valence-corrected chi connectivity index (χ0v) is 12.1. The predicted octanol–water partition coefficient (Wildman–Crippen LogP) is 5.09. The zero-order valence-electron chi connectivity index (χ0n) is 9.80. The van der Waals surface area contributed by atoms with Crippen molar-refractivity contribution in [1.82, 2.24) is 0 Å². The summed E-state index contributed by atoms with van der Waals surface area (Å²) in [5.41, 5.74) is 1.24. The zero-order chi connectivity index (χ0) is 13.8. The lowest BCUT2D eigenvalue weighted by atomic mass is 10.2. The Labute approximate surface area is 123 Å². The van der Waals surface area contributed by atoms with E-state index in [-0.39, 0.29) is 17.4 Å². The van der Waals surface area contributed by atoms with Gasteiger partial charge in [-0.3, -0.25) is 0 Å². The van der Waals surface area contributed by atoms with Gasteiger partial charge < -0.3 is 4.74 Å². The van der Waals surface area contributed by atoms with Crippen molar-refractivity contribution in [2.45, 2.75) is 11.9 Å². The van der Waals surface area contributed by atoms with Crippen LogP contribution in [0.15, 0.2) is 36.4 Å². The molecule has 0 aliphatic heterocycles. The molecule has 0 atom stereocenters. The minimum Gasteiger partial charge on any atom is -0.489 e. The average Bonchev–Trinajstić information content (AvgIpc) is 2.41. The third-order valence-corrected chi connectivity index (χ3v) is 3.61. The Kier molecular flexibility index (Phi) is 4.77. The van der Waals surface area contributed by atoms with Crippen molar-refractivity contribution in [3.05, 3.63) is 64.2 Å². The highest BCUT2D eigenvalue weighted by Gasteiger charge is 2.08. The fourth-order valence-corrected chi connectivity index (χ4v) is 2.23. The van der Waals surface area contributed by atoms with E-state index in [4.69, 9.17) is 16.3 Å². The first-order valence-electron chi connectivity index (χ1n) is 5.52. The first kappa shape index (κ1) is 14.3. The molecule has 2 aromatic carbocycles. The van der Waals surface area contributed by atoms with Gasteiger partial charge in [-0.05, 0) is 24.3 Å². The normalized spacial score (nSPS) is 10.5. The first-order valence-corrected chi connectivity index (χ1v) is 7.02. The Morgan fingerprint density at radius 3 is 2.63 bits per heavy atom. The Bertz CT molecular complexity index is 590. The van der Waals surface area contributed by atoms with E-state index in [9.17, 15) is 8.78 Å². The Balaban J connectivity index is 2.17. The van der Waals surface area contributed by atoms with Gasteiger partial charge in [-0.15, -0.1) is 0 Å². The van der Waals surface area contributed by atoms with Crippen LogP contribution in [-0.4, -0.2) is 0 Å². The molecule has 0 amide bonds. The molecule has 19 heavy (non-hydrogen) atoms. The van der Waals surface area contributed by atoms with Crippen LogP contribution in [0.2, 0.25) is 5.02 Å². The number of benzene rings is 2. The van der Waals surface area contributed by atoms with E-state index < -0.39 is 5.82 Å². The topological polar surface area (TPSA) is 9.23 Å². The lowest BCUT2D eigenvalue weighted by Gasteiger charge is -2.11. The second-order valence-corrected chi connectivity index (χ2v) is 4.83. The summed E-state index contributed by atoms with van der Waals surface area (Å²) in [5, 5.41) is 0.516. The lowest BCUT2D eigenvalue weighted by molar-refractivity contribution is 0.303. The Hall–Kier alpha value is -1.13. The van der Waals surface area contributed by atoms with Gasteiger partial charge in [0, 0.05) is 16.5 Å². The summed E-state index contributed by atoms with van der Waals surface area (Å²) in [6.45, 7) is 0.127. The summed E-state index contributed by atoms with van der Waals surface area (Å²) < 4.78 is 31.9. The van der Waals surface area contributed by atoms with Gasteiger partial charge in [-0.1, -0.05) is 39.7 Å². The highest BCUT2D eigenvalue weighted by atomic mass is 79.9. The maximum Gasteiger partial charge on any atom is 0.142 e. The molecular formula is C14H10BrClF2O. The fraction of sp³-hybridized carbons (Fsp3) is 0.143. The molecule has 0 aliphatic carbocycles. The smallest absolute Gasteiger partial charge is 0.142 e. The molecular weight excluding hydrogens is 338 g/mol. The van der Waals surface area contributed by atoms with Crippen LogP contribution in [-0.2, 0) is 11.9 Å². The number of halogens is 4. The van der Waals surface area contributed by atoms with E-state index >= 15 is 0 Å². The van der Waals surface area contributed by atoms with E-state index in [1.54, 1.807) is 18.2 Å². The third kappa shape index (κ3) is 3.45. The van der Waals surface area contributed by atoms with Crippen LogP contribution < -0.4 is 4.74 Å². The van der Waals surface area contributed by atoms with Gasteiger partial charge in [0.15, 0.2) is 0 Å². The highest BCUT2D eigenvalue weighted by molar-refractivity contribution is 9.08. The second-order valence-electron chi connectivity index (χ2n) is 3.89. The number of rotatable bonds is 4. The molecule has 0 unspecified atom stereocenters. The molecule has 0 fully saturated rings. The molecule has 0 N–H and O–H groups in total. The second kappa shape index (κ2) is 6.35. The minimum atomic E-state index is -0.484. The van der Waals surface area contributed by atoms with Crippen molar-refractivity contribution in [1.29, 1.82) is 0 Å². The summed E-state index contributed by atoms with van der Waals surface area (Å²) in [6.07, 6.45) is 0. The number of alkyl halides is 1. The van der Waals surface area contributed by atoms with Crippen molar-refractivity contribution in [3.8, 4) is 5.75 Å². The molecule has 0 saturated heterocycles. The largest absolute Gasteiger partial charge is 0.489 e. The van der Waals surface area contributed by atoms with Crippen LogP contribution in [0.1, 0.15) is 11.1 Å². The van der Waals surface area contributed by atoms with Gasteiger partial charge in [-0.25, -0.2) is 8.78 Å². The maximum atomic E-state index is 13.3. The molecule has 0 aromatic heterocycles. The molecule has 2 rings (SSSR count). The van der Waals surface area contributed by atoms with Crippen LogP contribution >= 0.6 is 27.5 Å². The van der Waals surface area contributed by atoms with E-state index in [0.29, 0.717) is 22.2 Å². The molecule has 100 valence electrons. The van der Waals surface area contributed by atoms with Crippen LogP contribution in [0, 0.1) is 11.6 Å². The summed E-state index contributed by atoms with van der Waals surface area (Å²) in [4.78, 5) is 0. The maximum absolute atomic E-state index is 13.3. The number of hydrogen-bond acceptors (Lipinski definition) is 1. The SMILES string of the molecule is Fc1ccc(OCc2cccc(F)c2Cl)c(CBr)c1. The van der Waals surface area contributed by atoms with Gasteiger partial charge in [0.1, 0.15) is 24.0 Å². The predicted molar refractivity (Wildman–Crippen MR) is 74.8 cm³/mol. The first-order chi connectivity index (χ1) is 9.11. The Morgan fingerprint density at radius 1 is 1.11 bits per heavy atom. The van der Waals surface area contributed by atoms with Crippen LogP contribution in [0.4, 0.5) is 8.78 Å². The fourth-order valence-electron chi connectivity index (χ4n) is 1.61. The van der Waals surface area contributed by atoms with Crippen molar-refractivity contribution < 1.29 is 13.5 Å². The number of ether oxygens (including phenoxy) is 1. The molecule has 0 spiro atoms. The number of hydrogen-bond donors (Lipinski definition) is 0. The summed E-state index contributed by atoms with van der Waals surface area (Å²) in [7, 11) is 0. The molecule has 1 nitrogen and oxygen atoms in total. The highest BCUT2D eigenvalue weighted by Crippen LogP contribution is 2.25. The van der Waals surface area contributed by atoms with Crippen LogP contribution in [0.3, 0.4) is 0 Å². The average molecular weight is 348 g/mol. The summed E-state index contributed by atoms with van der Waals surface area (Å²) >= 11 is 9.10. The van der Waals surface area contributed by atoms with E-state index in [2.05, 4.69) is 15.9 Å². The van der Waals surface area contributed by atoms with Crippen molar-refractivity contribution in [2.75, 3.05) is 0 Å². The van der Waals surface area contributed by atoms with Gasteiger partial charge in [0.25, 0.3) is 0 Å². The standard InChI is InChI=1S/C14H10BrClF2O/c15-7-10-6-11(17)4-5-13(10)19-8-9-2-1-3-12(18)14(9)16/h1-6H,7-8H2. The van der Waals surface area contributed by atoms with Crippen LogP contribution in [0.5, 0.6) is 5.75 Å². The summed E-state index contributed by atoms with van der Waals surface area (Å²) in [5.74, 6) is -0.272. The quantitative estimate of drug-likeness (QED) is 0.700. The van der Waals surface area contributed by atoms with Gasteiger partial charge in [0.05, 0.1) is 5.02 Å². The molecule has 0 radical (unpaired) electrons. The van der Waals surface area contributed by atoms with E-state index in [0.717, 1.165) is 0 Å². The van der Waals surface area contributed by atoms with Crippen LogP contribution in [0.25, 0.3) is 0 Å². The molecule has 2 aromatic rings. The van der Waals surface area contributed by atoms with Gasteiger partial charge in [-0.2, -0.15) is 0 Å². The molecule has 0 heterocycles. The lowest BCUT2D eigenvalue weighted by Crippen LogP contribution is -2.00. The molecule has 0 saturated carbocycles. The Morgan fingerprint density at radius 2 is 1.89 bits per heavy atom. The third-order valence-electron chi connectivity index (χ3n) is 2.58. The van der Waals surface area contributed by atoms with Crippen molar-refractivity contribution >= 4 is 27.5 Å². The van der Waals surface area contributed by atoms with Gasteiger partial charge in [0.2, 0.25) is 0 Å². The van der Waals surface area contributed by atoms with E-state index in [1.807, 2.05) is 0 Å². The summed E-state index contributed by atoms with van der Waals surface area (Å²) in [6, 6.07) is 8.78. The monoisotopic (exact) mass is 346 g/mol. The molecule has 0 aliphatic rings. The van der Waals surface area contributed by atoms with Crippen molar-refractivity contribution in [2.24, 2.45) is 0 Å². The molecule has 0 bridgehead atoms. The van der Waals surface area contributed by atoms with E-state index in [1.165, 1.54) is 18.2 Å². The van der Waals surface area contributed by atoms with Crippen molar-refractivity contribution in [3.63, 3.8) is 0 Å².